The largest absolute Gasteiger partial charge is 0.467 e. The topological polar surface area (TPSA) is 42.2 Å². The van der Waals surface area contributed by atoms with E-state index in [1.807, 2.05) is 24.3 Å². The first-order chi connectivity index (χ1) is 10.1. The molecule has 0 aliphatic rings. The van der Waals surface area contributed by atoms with Gasteiger partial charge in [-0.05, 0) is 41.7 Å². The Morgan fingerprint density at radius 3 is 2.62 bits per heavy atom. The number of benzene rings is 1. The molecule has 0 spiro atoms. The number of carbonyl (C=O) groups excluding carboxylic acids is 1. The number of hydrogen-bond acceptors (Lipinski definition) is 2. The van der Waals surface area contributed by atoms with E-state index in [0.717, 1.165) is 17.7 Å². The number of carbonyl (C=O) groups is 1. The van der Waals surface area contributed by atoms with E-state index in [-0.39, 0.29) is 5.91 Å². The summed E-state index contributed by atoms with van der Waals surface area (Å²) in [5, 5.41) is 2.77. The van der Waals surface area contributed by atoms with E-state index in [1.54, 1.807) is 18.4 Å². The van der Waals surface area contributed by atoms with Crippen molar-refractivity contribution in [3.05, 3.63) is 65.6 Å². The minimum Gasteiger partial charge on any atom is -0.467 e. The van der Waals surface area contributed by atoms with Crippen LogP contribution in [0.15, 0.2) is 53.2 Å². The van der Waals surface area contributed by atoms with Gasteiger partial charge in [-0.15, -0.1) is 0 Å². The Balaban J connectivity index is 1.83. The van der Waals surface area contributed by atoms with Crippen LogP contribution in [-0.4, -0.2) is 5.91 Å². The highest BCUT2D eigenvalue weighted by molar-refractivity contribution is 5.91. The summed E-state index contributed by atoms with van der Waals surface area (Å²) in [6, 6.07) is 11.9. The number of hydrogen-bond donors (Lipinski definition) is 1. The number of nitrogens with one attached hydrogen (secondary N) is 1. The van der Waals surface area contributed by atoms with E-state index in [1.165, 1.54) is 5.56 Å². The van der Waals surface area contributed by atoms with E-state index < -0.39 is 0 Å². The third-order valence-corrected chi connectivity index (χ3v) is 3.07. The summed E-state index contributed by atoms with van der Waals surface area (Å²) < 4.78 is 5.15. The van der Waals surface area contributed by atoms with Gasteiger partial charge >= 0.3 is 0 Å². The molecule has 1 heterocycles. The molecular weight excluding hydrogens is 262 g/mol. The molecule has 2 rings (SSSR count). The van der Waals surface area contributed by atoms with Gasteiger partial charge in [0.25, 0.3) is 0 Å². The standard InChI is InChI=1S/C18H21NO2/c1-14(2)12-16-7-5-15(6-8-16)9-10-18(20)19-13-17-4-3-11-21-17/h3-11,14H,12-13H2,1-2H3,(H,19,20). The average Bonchev–Trinajstić information content (AvgIpc) is 2.97. The maximum atomic E-state index is 11.7. The van der Waals surface area contributed by atoms with Crippen LogP contribution in [0.2, 0.25) is 0 Å². The van der Waals surface area contributed by atoms with Crippen molar-refractivity contribution in [2.75, 3.05) is 0 Å². The fraction of sp³-hybridized carbons (Fsp3) is 0.278. The second-order valence-corrected chi connectivity index (χ2v) is 5.47. The van der Waals surface area contributed by atoms with Gasteiger partial charge in [0, 0.05) is 6.08 Å². The highest BCUT2D eigenvalue weighted by atomic mass is 16.3. The number of rotatable bonds is 6. The molecule has 0 aliphatic heterocycles. The Hall–Kier alpha value is -2.29. The second-order valence-electron chi connectivity index (χ2n) is 5.47. The molecular formula is C18H21NO2. The van der Waals surface area contributed by atoms with Gasteiger partial charge in [-0.3, -0.25) is 4.79 Å². The van der Waals surface area contributed by atoms with Gasteiger partial charge < -0.3 is 9.73 Å². The zero-order chi connectivity index (χ0) is 15.1. The lowest BCUT2D eigenvalue weighted by atomic mass is 10.0. The van der Waals surface area contributed by atoms with Crippen molar-refractivity contribution in [1.29, 1.82) is 0 Å². The molecule has 0 aliphatic carbocycles. The van der Waals surface area contributed by atoms with E-state index in [9.17, 15) is 4.79 Å². The molecule has 1 aromatic carbocycles. The lowest BCUT2D eigenvalue weighted by Gasteiger charge is -2.04. The second kappa shape index (κ2) is 7.48. The van der Waals surface area contributed by atoms with Gasteiger partial charge in [-0.1, -0.05) is 38.1 Å². The SMILES string of the molecule is CC(C)Cc1ccc(C=CC(=O)NCc2ccco2)cc1. The Labute approximate surface area is 125 Å². The van der Waals surface area contributed by atoms with Gasteiger partial charge in [0.05, 0.1) is 12.8 Å². The molecule has 110 valence electrons. The highest BCUT2D eigenvalue weighted by Gasteiger charge is 1.99. The van der Waals surface area contributed by atoms with E-state index in [0.29, 0.717) is 12.5 Å². The fourth-order valence-corrected chi connectivity index (χ4v) is 2.05. The zero-order valence-corrected chi connectivity index (χ0v) is 12.5. The molecule has 3 nitrogen and oxygen atoms in total. The molecule has 0 saturated carbocycles. The zero-order valence-electron chi connectivity index (χ0n) is 12.5. The maximum absolute atomic E-state index is 11.7. The monoisotopic (exact) mass is 283 g/mol. The lowest BCUT2D eigenvalue weighted by Crippen LogP contribution is -2.19. The Morgan fingerprint density at radius 1 is 1.24 bits per heavy atom. The number of amides is 1. The fourth-order valence-electron chi connectivity index (χ4n) is 2.05. The molecule has 1 aromatic heterocycles. The summed E-state index contributed by atoms with van der Waals surface area (Å²) in [7, 11) is 0. The molecule has 0 unspecified atom stereocenters. The summed E-state index contributed by atoms with van der Waals surface area (Å²) in [4.78, 5) is 11.7. The van der Waals surface area contributed by atoms with Gasteiger partial charge in [0.15, 0.2) is 0 Å². The molecule has 2 aromatic rings. The molecule has 21 heavy (non-hydrogen) atoms. The van der Waals surface area contributed by atoms with Crippen molar-refractivity contribution in [2.24, 2.45) is 5.92 Å². The van der Waals surface area contributed by atoms with Crippen molar-refractivity contribution in [3.63, 3.8) is 0 Å². The van der Waals surface area contributed by atoms with Crippen LogP contribution in [0.25, 0.3) is 6.08 Å². The minimum atomic E-state index is -0.127. The molecule has 0 radical (unpaired) electrons. The van der Waals surface area contributed by atoms with Crippen LogP contribution >= 0.6 is 0 Å². The van der Waals surface area contributed by atoms with Crippen molar-refractivity contribution in [1.82, 2.24) is 5.32 Å². The molecule has 0 atom stereocenters. The van der Waals surface area contributed by atoms with Crippen LogP contribution in [0, 0.1) is 5.92 Å². The lowest BCUT2D eigenvalue weighted by molar-refractivity contribution is -0.116. The smallest absolute Gasteiger partial charge is 0.244 e. The maximum Gasteiger partial charge on any atom is 0.244 e. The average molecular weight is 283 g/mol. The molecule has 3 heteroatoms. The molecule has 0 fully saturated rings. The van der Waals surface area contributed by atoms with Crippen LogP contribution in [0.1, 0.15) is 30.7 Å². The van der Waals surface area contributed by atoms with E-state index in [2.05, 4.69) is 31.3 Å². The highest BCUT2D eigenvalue weighted by Crippen LogP contribution is 2.10. The molecule has 0 saturated heterocycles. The Morgan fingerprint density at radius 2 is 2.00 bits per heavy atom. The van der Waals surface area contributed by atoms with Crippen LogP contribution in [0.4, 0.5) is 0 Å². The molecule has 1 amide bonds. The van der Waals surface area contributed by atoms with Crippen LogP contribution < -0.4 is 5.32 Å². The summed E-state index contributed by atoms with van der Waals surface area (Å²) >= 11 is 0. The first-order valence-electron chi connectivity index (χ1n) is 7.20. The van der Waals surface area contributed by atoms with Gasteiger partial charge in [-0.2, -0.15) is 0 Å². The predicted molar refractivity (Wildman–Crippen MR) is 84.6 cm³/mol. The normalized spacial score (nSPS) is 11.2. The van der Waals surface area contributed by atoms with E-state index >= 15 is 0 Å². The van der Waals surface area contributed by atoms with E-state index in [4.69, 9.17) is 4.42 Å². The Kier molecular flexibility index (Phi) is 5.38. The van der Waals surface area contributed by atoms with Crippen molar-refractivity contribution in [3.8, 4) is 0 Å². The van der Waals surface area contributed by atoms with Crippen LogP contribution in [0.3, 0.4) is 0 Å². The van der Waals surface area contributed by atoms with Crippen molar-refractivity contribution in [2.45, 2.75) is 26.8 Å². The van der Waals surface area contributed by atoms with Crippen LogP contribution in [-0.2, 0) is 17.8 Å². The summed E-state index contributed by atoms with van der Waals surface area (Å²) in [6.45, 7) is 4.82. The summed E-state index contributed by atoms with van der Waals surface area (Å²) in [5.74, 6) is 1.27. The first-order valence-corrected chi connectivity index (χ1v) is 7.20. The number of furan rings is 1. The van der Waals surface area contributed by atoms with Crippen molar-refractivity contribution >= 4 is 12.0 Å². The van der Waals surface area contributed by atoms with Gasteiger partial charge in [-0.25, -0.2) is 0 Å². The predicted octanol–water partition coefficient (Wildman–Crippen LogP) is 3.81. The minimum absolute atomic E-state index is 0.127. The van der Waals surface area contributed by atoms with Crippen molar-refractivity contribution < 1.29 is 9.21 Å². The van der Waals surface area contributed by atoms with Gasteiger partial charge in [0.2, 0.25) is 5.91 Å². The first kappa shape index (κ1) is 15.1. The molecule has 0 bridgehead atoms. The third-order valence-electron chi connectivity index (χ3n) is 3.07. The Bertz CT molecular complexity index is 580. The summed E-state index contributed by atoms with van der Waals surface area (Å²) in [5.41, 5.74) is 2.35. The van der Waals surface area contributed by atoms with Crippen LogP contribution in [0.5, 0.6) is 0 Å². The van der Waals surface area contributed by atoms with Gasteiger partial charge in [0.1, 0.15) is 5.76 Å². The summed E-state index contributed by atoms with van der Waals surface area (Å²) in [6.07, 6.45) is 6.03. The quantitative estimate of drug-likeness (QED) is 0.819. The third kappa shape index (κ3) is 5.30. The molecule has 1 N–H and O–H groups in total.